The molecular formula is C56H39N. The van der Waals surface area contributed by atoms with Crippen LogP contribution in [0.1, 0.15) is 33.4 Å². The van der Waals surface area contributed by atoms with E-state index in [-0.39, 0.29) is 5.41 Å². The largest absolute Gasteiger partial charge is 0.309 e. The number of para-hydroxylation sites is 2. The molecule has 0 atom stereocenters. The molecular weight excluding hydrogens is 687 g/mol. The topological polar surface area (TPSA) is 4.93 Å². The molecule has 0 N–H and O–H groups in total. The van der Waals surface area contributed by atoms with Gasteiger partial charge in [0.15, 0.2) is 0 Å². The zero-order valence-corrected chi connectivity index (χ0v) is 31.5. The lowest BCUT2D eigenvalue weighted by atomic mass is 9.67. The van der Waals surface area contributed by atoms with E-state index in [2.05, 4.69) is 229 Å². The Morgan fingerprint density at radius 2 is 0.772 bits per heavy atom. The second-order valence-electron chi connectivity index (χ2n) is 15.3. The summed E-state index contributed by atoms with van der Waals surface area (Å²) in [6.07, 6.45) is 0.868. The van der Waals surface area contributed by atoms with Crippen LogP contribution in [0.5, 0.6) is 0 Å². The summed E-state index contributed by atoms with van der Waals surface area (Å²) in [5.41, 5.74) is 18.7. The van der Waals surface area contributed by atoms with Crippen molar-refractivity contribution in [1.82, 2.24) is 4.57 Å². The maximum atomic E-state index is 2.47. The number of hydrogen-bond donors (Lipinski definition) is 0. The second-order valence-corrected chi connectivity index (χ2v) is 15.3. The maximum Gasteiger partial charge on any atom is 0.0713 e. The Labute approximate surface area is 333 Å². The molecule has 57 heavy (non-hydrogen) atoms. The second kappa shape index (κ2) is 13.5. The van der Waals surface area contributed by atoms with Gasteiger partial charge in [-0.25, -0.2) is 0 Å². The first-order chi connectivity index (χ1) is 28.3. The van der Waals surface area contributed by atoms with Crippen LogP contribution in [0.2, 0.25) is 0 Å². The first-order valence-corrected chi connectivity index (χ1v) is 19.9. The van der Waals surface area contributed by atoms with Gasteiger partial charge < -0.3 is 4.57 Å². The normalized spacial score (nSPS) is 12.8. The van der Waals surface area contributed by atoms with Gasteiger partial charge in [-0.05, 0) is 97.4 Å². The molecule has 0 aliphatic heterocycles. The van der Waals surface area contributed by atoms with Gasteiger partial charge in [0, 0.05) is 16.5 Å². The van der Waals surface area contributed by atoms with E-state index in [1.165, 1.54) is 94.3 Å². The average molecular weight is 726 g/mol. The lowest BCUT2D eigenvalue weighted by Crippen LogP contribution is -2.28. The summed E-state index contributed by atoms with van der Waals surface area (Å²) in [6, 6.07) is 82.6. The molecule has 268 valence electrons. The van der Waals surface area contributed by atoms with E-state index in [9.17, 15) is 0 Å². The van der Waals surface area contributed by atoms with Crippen LogP contribution in [0.25, 0.3) is 60.9 Å². The molecule has 1 aliphatic carbocycles. The van der Waals surface area contributed by atoms with Crippen LogP contribution in [-0.2, 0) is 11.8 Å². The van der Waals surface area contributed by atoms with Gasteiger partial charge in [0.1, 0.15) is 0 Å². The van der Waals surface area contributed by atoms with Gasteiger partial charge in [0.25, 0.3) is 0 Å². The zero-order chi connectivity index (χ0) is 37.8. The van der Waals surface area contributed by atoms with Gasteiger partial charge in [0.2, 0.25) is 0 Å². The van der Waals surface area contributed by atoms with Gasteiger partial charge in [0.05, 0.1) is 16.4 Å². The molecule has 1 nitrogen and oxygen atoms in total. The van der Waals surface area contributed by atoms with Crippen molar-refractivity contribution in [3.8, 4) is 39.1 Å². The molecule has 0 spiro atoms. The van der Waals surface area contributed by atoms with Gasteiger partial charge in [-0.2, -0.15) is 0 Å². The fraction of sp³-hybridized carbons (Fsp3) is 0.0357. The number of benzene rings is 9. The molecule has 9 aromatic carbocycles. The number of fused-ring (bicyclic) bond motifs is 6. The Balaban J connectivity index is 0.863. The standard InChI is InChI=1S/C56H39N/c1-3-13-45(14-4-1)56(46-15-5-2-6-16-46)52-20-10-7-17-48(52)49-36-25-40(38-53(49)56)37-39-23-26-41(27-24-39)42-28-30-43(31-29-42)44-32-34-47(35-33-44)57-54-21-11-8-18-50(54)51-19-9-12-22-55(51)57/h1-36,38H,37H2. The summed E-state index contributed by atoms with van der Waals surface area (Å²) in [5.74, 6) is 0. The van der Waals surface area contributed by atoms with Gasteiger partial charge >= 0.3 is 0 Å². The highest BCUT2D eigenvalue weighted by atomic mass is 15.0. The fourth-order valence-corrected chi connectivity index (χ4v) is 9.51. The number of aromatic nitrogens is 1. The molecule has 0 bridgehead atoms. The van der Waals surface area contributed by atoms with E-state index in [1.807, 2.05) is 0 Å². The van der Waals surface area contributed by atoms with Crippen molar-refractivity contribution in [1.29, 1.82) is 0 Å². The molecule has 1 aliphatic rings. The Hall–Kier alpha value is -7.22. The van der Waals surface area contributed by atoms with E-state index < -0.39 is 0 Å². The third kappa shape index (κ3) is 5.39. The minimum atomic E-state index is -0.380. The van der Waals surface area contributed by atoms with Crippen LogP contribution in [-0.4, -0.2) is 4.57 Å². The van der Waals surface area contributed by atoms with Crippen molar-refractivity contribution in [2.24, 2.45) is 0 Å². The molecule has 11 rings (SSSR count). The summed E-state index contributed by atoms with van der Waals surface area (Å²) in [6.45, 7) is 0. The smallest absolute Gasteiger partial charge is 0.0713 e. The van der Waals surface area contributed by atoms with E-state index >= 15 is 0 Å². The minimum absolute atomic E-state index is 0.380. The predicted octanol–water partition coefficient (Wildman–Crippen LogP) is 14.1. The number of nitrogens with zero attached hydrogens (tertiary/aromatic N) is 1. The van der Waals surface area contributed by atoms with E-state index in [1.54, 1.807) is 0 Å². The summed E-state index contributed by atoms with van der Waals surface area (Å²) in [5, 5.41) is 2.56. The first-order valence-electron chi connectivity index (χ1n) is 19.9. The van der Waals surface area contributed by atoms with Crippen LogP contribution < -0.4 is 0 Å². The molecule has 0 radical (unpaired) electrons. The first kappa shape index (κ1) is 33.1. The highest BCUT2D eigenvalue weighted by Gasteiger charge is 2.45. The molecule has 0 fully saturated rings. The quantitative estimate of drug-likeness (QED) is 0.154. The molecule has 1 heterocycles. The van der Waals surface area contributed by atoms with Crippen molar-refractivity contribution in [3.05, 3.63) is 258 Å². The van der Waals surface area contributed by atoms with E-state index in [0.717, 1.165) is 6.42 Å². The minimum Gasteiger partial charge on any atom is -0.309 e. The fourth-order valence-electron chi connectivity index (χ4n) is 9.51. The Kier molecular flexibility index (Phi) is 7.86. The van der Waals surface area contributed by atoms with Crippen molar-refractivity contribution in [3.63, 3.8) is 0 Å². The molecule has 0 unspecified atom stereocenters. The Morgan fingerprint density at radius 1 is 0.333 bits per heavy atom. The van der Waals surface area contributed by atoms with Crippen molar-refractivity contribution in [2.45, 2.75) is 11.8 Å². The summed E-state index contributed by atoms with van der Waals surface area (Å²) < 4.78 is 2.37. The summed E-state index contributed by atoms with van der Waals surface area (Å²) in [7, 11) is 0. The molecule has 0 amide bonds. The SMILES string of the molecule is c1ccc(C2(c3ccccc3)c3ccccc3-c3ccc(Cc4ccc(-c5ccc(-c6ccc(-n7c8ccccc8c8ccccc87)cc6)cc5)cc4)cc32)cc1. The third-order valence-corrected chi connectivity index (χ3v) is 12.1. The van der Waals surface area contributed by atoms with Crippen molar-refractivity contribution < 1.29 is 0 Å². The third-order valence-electron chi connectivity index (χ3n) is 12.1. The van der Waals surface area contributed by atoms with Crippen LogP contribution in [0.3, 0.4) is 0 Å². The van der Waals surface area contributed by atoms with Crippen LogP contribution in [0.15, 0.2) is 224 Å². The van der Waals surface area contributed by atoms with Crippen LogP contribution >= 0.6 is 0 Å². The van der Waals surface area contributed by atoms with Gasteiger partial charge in [-0.1, -0.05) is 200 Å². The summed E-state index contributed by atoms with van der Waals surface area (Å²) >= 11 is 0. The molecule has 1 heteroatoms. The molecule has 0 saturated carbocycles. The molecule has 0 saturated heterocycles. The maximum absolute atomic E-state index is 2.47. The van der Waals surface area contributed by atoms with Crippen molar-refractivity contribution in [2.75, 3.05) is 0 Å². The Bertz CT molecular complexity index is 2950. The van der Waals surface area contributed by atoms with E-state index in [0.29, 0.717) is 0 Å². The average Bonchev–Trinajstić information content (AvgIpc) is 3.78. The predicted molar refractivity (Wildman–Crippen MR) is 238 cm³/mol. The molecule has 10 aromatic rings. The lowest BCUT2D eigenvalue weighted by Gasteiger charge is -2.34. The van der Waals surface area contributed by atoms with Crippen molar-refractivity contribution >= 4 is 21.8 Å². The molecule has 1 aromatic heterocycles. The zero-order valence-electron chi connectivity index (χ0n) is 31.5. The van der Waals surface area contributed by atoms with E-state index in [4.69, 9.17) is 0 Å². The summed E-state index contributed by atoms with van der Waals surface area (Å²) in [4.78, 5) is 0. The highest BCUT2D eigenvalue weighted by Crippen LogP contribution is 2.56. The van der Waals surface area contributed by atoms with Crippen LogP contribution in [0, 0.1) is 0 Å². The Morgan fingerprint density at radius 3 is 1.35 bits per heavy atom. The lowest BCUT2D eigenvalue weighted by molar-refractivity contribution is 0.767. The number of rotatable bonds is 7. The monoisotopic (exact) mass is 725 g/mol. The van der Waals surface area contributed by atoms with Gasteiger partial charge in [-0.15, -0.1) is 0 Å². The van der Waals surface area contributed by atoms with Crippen LogP contribution in [0.4, 0.5) is 0 Å². The van der Waals surface area contributed by atoms with Gasteiger partial charge in [-0.3, -0.25) is 0 Å². The number of hydrogen-bond acceptors (Lipinski definition) is 0. The highest BCUT2D eigenvalue weighted by molar-refractivity contribution is 6.09.